The molecule has 0 aromatic rings. The van der Waals surface area contributed by atoms with E-state index in [1.54, 1.807) is 0 Å². The summed E-state index contributed by atoms with van der Waals surface area (Å²) in [7, 11) is 0. The molecule has 0 aliphatic rings. The second-order valence-electron chi connectivity index (χ2n) is 2.59. The van der Waals surface area contributed by atoms with Gasteiger partial charge in [-0.05, 0) is 13.8 Å². The predicted octanol–water partition coefficient (Wildman–Crippen LogP) is 1.85. The van der Waals surface area contributed by atoms with Gasteiger partial charge in [0, 0.05) is 0 Å². The minimum absolute atomic E-state index is 0.654. The van der Waals surface area contributed by atoms with Crippen LogP contribution in [0.5, 0.6) is 0 Å². The molecule has 0 radical (unpaired) electrons. The first-order chi connectivity index (χ1) is 5.23. The zero-order chi connectivity index (χ0) is 9.99. The summed E-state index contributed by atoms with van der Waals surface area (Å²) >= 11 is 0. The average Bonchev–Trinajstić information content (AvgIpc) is 1.85. The highest BCUT2D eigenvalue weighted by molar-refractivity contribution is 4.88. The predicted molar refractivity (Wildman–Crippen MR) is 37.4 cm³/mol. The van der Waals surface area contributed by atoms with Gasteiger partial charge in [0.15, 0.2) is 5.60 Å². The third-order valence-electron chi connectivity index (χ3n) is 1.67. The molecule has 2 unspecified atom stereocenters. The van der Waals surface area contributed by atoms with Crippen molar-refractivity contribution in [3.63, 3.8) is 0 Å². The lowest BCUT2D eigenvalue weighted by Crippen LogP contribution is -2.51. The summed E-state index contributed by atoms with van der Waals surface area (Å²) in [6.07, 6.45) is -5.20. The van der Waals surface area contributed by atoms with Crippen LogP contribution >= 0.6 is 0 Å². The summed E-state index contributed by atoms with van der Waals surface area (Å²) < 4.78 is 40.6. The topological polar surface area (TPSA) is 29.5 Å². The fourth-order valence-corrected chi connectivity index (χ4v) is 0.507. The quantitative estimate of drug-likeness (QED) is 0.678. The maximum absolute atomic E-state index is 12.0. The van der Waals surface area contributed by atoms with Crippen LogP contribution in [0.1, 0.15) is 13.8 Å². The summed E-state index contributed by atoms with van der Waals surface area (Å²) in [5.74, 6) is 0. The van der Waals surface area contributed by atoms with E-state index in [9.17, 15) is 13.2 Å². The summed E-state index contributed by atoms with van der Waals surface area (Å²) in [5, 5.41) is 8.95. The van der Waals surface area contributed by atoms with E-state index < -0.39 is 17.9 Å². The molecule has 0 amide bonds. The molecule has 0 saturated carbocycles. The van der Waals surface area contributed by atoms with Gasteiger partial charge < -0.3 is 9.84 Å². The molecule has 0 bridgehead atoms. The standard InChI is InChI=1S/C7H11F3O2/c1-4-12-5(2)6(3,11)7(8,9)10/h4-5,11H,1H2,2-3H3. The molecule has 0 spiro atoms. The minimum atomic E-state index is -4.70. The Kier molecular flexibility index (Phi) is 3.15. The highest BCUT2D eigenvalue weighted by atomic mass is 19.4. The molecule has 0 fully saturated rings. The van der Waals surface area contributed by atoms with Crippen LogP contribution in [0.4, 0.5) is 13.2 Å². The van der Waals surface area contributed by atoms with Gasteiger partial charge in [0.1, 0.15) is 6.10 Å². The van der Waals surface area contributed by atoms with Gasteiger partial charge in [-0.3, -0.25) is 0 Å². The van der Waals surface area contributed by atoms with Crippen molar-refractivity contribution in [1.82, 2.24) is 0 Å². The maximum Gasteiger partial charge on any atom is 0.420 e. The van der Waals surface area contributed by atoms with Crippen LogP contribution in [-0.2, 0) is 4.74 Å². The third kappa shape index (κ3) is 2.14. The van der Waals surface area contributed by atoms with Gasteiger partial charge >= 0.3 is 6.18 Å². The second kappa shape index (κ2) is 3.35. The fourth-order valence-electron chi connectivity index (χ4n) is 0.507. The molecular weight excluding hydrogens is 173 g/mol. The fraction of sp³-hybridized carbons (Fsp3) is 0.714. The Balaban J connectivity index is 4.48. The first-order valence-electron chi connectivity index (χ1n) is 3.29. The first kappa shape index (κ1) is 11.3. The number of hydrogen-bond donors (Lipinski definition) is 1. The van der Waals surface area contributed by atoms with Gasteiger partial charge in [0.2, 0.25) is 0 Å². The zero-order valence-electron chi connectivity index (χ0n) is 6.85. The van der Waals surface area contributed by atoms with E-state index in [0.29, 0.717) is 6.92 Å². The molecule has 0 heterocycles. The third-order valence-corrected chi connectivity index (χ3v) is 1.67. The number of hydrogen-bond acceptors (Lipinski definition) is 2. The van der Waals surface area contributed by atoms with Crippen molar-refractivity contribution in [2.75, 3.05) is 0 Å². The van der Waals surface area contributed by atoms with Crippen molar-refractivity contribution in [3.05, 3.63) is 12.8 Å². The zero-order valence-corrected chi connectivity index (χ0v) is 6.85. The SMILES string of the molecule is C=COC(C)C(C)(O)C(F)(F)F. The van der Waals surface area contributed by atoms with Crippen LogP contribution < -0.4 is 0 Å². The van der Waals surface area contributed by atoms with Crippen molar-refractivity contribution >= 4 is 0 Å². The lowest BCUT2D eigenvalue weighted by atomic mass is 10.0. The molecular formula is C7H11F3O2. The highest BCUT2D eigenvalue weighted by Gasteiger charge is 2.54. The Morgan fingerprint density at radius 3 is 2.17 bits per heavy atom. The summed E-state index contributed by atoms with van der Waals surface area (Å²) in [4.78, 5) is 0. The molecule has 12 heavy (non-hydrogen) atoms. The first-order valence-corrected chi connectivity index (χ1v) is 3.29. The van der Waals surface area contributed by atoms with Gasteiger partial charge in [0.25, 0.3) is 0 Å². The molecule has 0 aliphatic carbocycles. The Bertz CT molecular complexity index is 163. The highest BCUT2D eigenvalue weighted by Crippen LogP contribution is 2.33. The van der Waals surface area contributed by atoms with E-state index in [2.05, 4.69) is 11.3 Å². The Morgan fingerprint density at radius 2 is 1.92 bits per heavy atom. The number of ether oxygens (including phenoxy) is 1. The molecule has 5 heteroatoms. The molecule has 2 nitrogen and oxygen atoms in total. The smallest absolute Gasteiger partial charge is 0.420 e. The van der Waals surface area contributed by atoms with E-state index in [-0.39, 0.29) is 0 Å². The van der Waals surface area contributed by atoms with Gasteiger partial charge in [-0.2, -0.15) is 13.2 Å². The molecule has 72 valence electrons. The van der Waals surface area contributed by atoms with Gasteiger partial charge in [0.05, 0.1) is 6.26 Å². The van der Waals surface area contributed by atoms with Gasteiger partial charge in [-0.1, -0.05) is 6.58 Å². The Morgan fingerprint density at radius 1 is 1.50 bits per heavy atom. The van der Waals surface area contributed by atoms with Crippen LogP contribution in [-0.4, -0.2) is 23.0 Å². The molecule has 0 aromatic heterocycles. The maximum atomic E-state index is 12.0. The van der Waals surface area contributed by atoms with Crippen LogP contribution in [0.2, 0.25) is 0 Å². The van der Waals surface area contributed by atoms with Crippen LogP contribution in [0.25, 0.3) is 0 Å². The molecule has 0 saturated heterocycles. The lowest BCUT2D eigenvalue weighted by Gasteiger charge is -2.31. The number of aliphatic hydroxyl groups is 1. The van der Waals surface area contributed by atoms with Crippen molar-refractivity contribution in [3.8, 4) is 0 Å². The van der Waals surface area contributed by atoms with E-state index in [0.717, 1.165) is 13.2 Å². The van der Waals surface area contributed by atoms with E-state index in [1.165, 1.54) is 0 Å². The van der Waals surface area contributed by atoms with E-state index in [1.807, 2.05) is 0 Å². The molecule has 0 aliphatic heterocycles. The monoisotopic (exact) mass is 184 g/mol. The van der Waals surface area contributed by atoms with Crippen LogP contribution in [0.15, 0.2) is 12.8 Å². The largest absolute Gasteiger partial charge is 0.496 e. The van der Waals surface area contributed by atoms with Crippen LogP contribution in [0, 0.1) is 0 Å². The Labute approximate surface area is 68.6 Å². The number of rotatable bonds is 3. The number of halogens is 3. The summed E-state index contributed by atoms with van der Waals surface area (Å²) in [6.45, 7) is 4.87. The van der Waals surface area contributed by atoms with Gasteiger partial charge in [-0.15, -0.1) is 0 Å². The van der Waals surface area contributed by atoms with Crippen molar-refractivity contribution in [2.45, 2.75) is 31.7 Å². The van der Waals surface area contributed by atoms with Gasteiger partial charge in [-0.25, -0.2) is 0 Å². The van der Waals surface area contributed by atoms with Crippen molar-refractivity contribution in [2.24, 2.45) is 0 Å². The lowest BCUT2D eigenvalue weighted by molar-refractivity contribution is -0.280. The molecule has 0 aromatic carbocycles. The number of alkyl halides is 3. The molecule has 2 atom stereocenters. The van der Waals surface area contributed by atoms with E-state index >= 15 is 0 Å². The van der Waals surface area contributed by atoms with Crippen LogP contribution in [0.3, 0.4) is 0 Å². The summed E-state index contributed by atoms with van der Waals surface area (Å²) in [5.41, 5.74) is -2.85. The Hall–Kier alpha value is -0.710. The van der Waals surface area contributed by atoms with Crippen molar-refractivity contribution < 1.29 is 23.0 Å². The normalized spacial score (nSPS) is 19.5. The second-order valence-corrected chi connectivity index (χ2v) is 2.59. The molecule has 1 N–H and O–H groups in total. The van der Waals surface area contributed by atoms with E-state index in [4.69, 9.17) is 5.11 Å². The average molecular weight is 184 g/mol. The van der Waals surface area contributed by atoms with Crippen molar-refractivity contribution in [1.29, 1.82) is 0 Å². The molecule has 0 rings (SSSR count). The summed E-state index contributed by atoms with van der Waals surface area (Å²) in [6, 6.07) is 0. The minimum Gasteiger partial charge on any atom is -0.496 e.